The third kappa shape index (κ3) is 2.74. The molecule has 0 bridgehead atoms. The first kappa shape index (κ1) is 13.3. The number of fused-ring (bicyclic) bond motifs is 1. The van der Waals surface area contributed by atoms with Crippen molar-refractivity contribution in [2.45, 2.75) is 4.90 Å². The van der Waals surface area contributed by atoms with Crippen molar-refractivity contribution >= 4 is 40.0 Å². The number of carbonyl (C=O) groups is 1. The van der Waals surface area contributed by atoms with Crippen LogP contribution < -0.4 is 0 Å². The molecule has 0 aliphatic rings. The highest BCUT2D eigenvalue weighted by Crippen LogP contribution is 2.24. The van der Waals surface area contributed by atoms with Gasteiger partial charge in [-0.15, -0.1) is 11.8 Å². The average molecular weight is 302 g/mol. The molecule has 0 aliphatic heterocycles. The molecule has 3 aromatic rings. The molecule has 0 saturated carbocycles. The molecular formula is C16H12ClNOS. The van der Waals surface area contributed by atoms with Gasteiger partial charge in [0, 0.05) is 32.6 Å². The fourth-order valence-corrected chi connectivity index (χ4v) is 3.18. The lowest BCUT2D eigenvalue weighted by Gasteiger charge is -2.01. The van der Waals surface area contributed by atoms with Crippen LogP contribution in [0, 0.1) is 0 Å². The van der Waals surface area contributed by atoms with E-state index in [9.17, 15) is 4.79 Å². The Balaban J connectivity index is 1.76. The standard InChI is InChI=1S/C16H12ClNOS/c17-11-4-3-5-12(8-11)20-10-16(19)14-9-18-15-7-2-1-6-13(14)15/h1-9,18H,10H2. The van der Waals surface area contributed by atoms with Gasteiger partial charge in [-0.2, -0.15) is 0 Å². The van der Waals surface area contributed by atoms with Crippen LogP contribution in [-0.2, 0) is 0 Å². The molecule has 0 saturated heterocycles. The Kier molecular flexibility index (Phi) is 3.81. The van der Waals surface area contributed by atoms with E-state index in [1.165, 1.54) is 11.8 Å². The molecule has 0 atom stereocenters. The van der Waals surface area contributed by atoms with Gasteiger partial charge in [0.25, 0.3) is 0 Å². The summed E-state index contributed by atoms with van der Waals surface area (Å²) in [5, 5.41) is 1.67. The third-order valence-electron chi connectivity index (χ3n) is 3.06. The number of para-hydroxylation sites is 1. The van der Waals surface area contributed by atoms with Crippen molar-refractivity contribution in [2.75, 3.05) is 5.75 Å². The van der Waals surface area contributed by atoms with Crippen LogP contribution in [0.3, 0.4) is 0 Å². The Hall–Kier alpha value is -1.71. The van der Waals surface area contributed by atoms with Crippen LogP contribution in [0.1, 0.15) is 10.4 Å². The van der Waals surface area contributed by atoms with Crippen LogP contribution >= 0.6 is 23.4 Å². The summed E-state index contributed by atoms with van der Waals surface area (Å²) < 4.78 is 0. The molecule has 4 heteroatoms. The molecule has 0 radical (unpaired) electrons. The van der Waals surface area contributed by atoms with Crippen LogP contribution in [0.15, 0.2) is 59.6 Å². The number of benzene rings is 2. The van der Waals surface area contributed by atoms with Gasteiger partial charge in [0.1, 0.15) is 0 Å². The maximum Gasteiger partial charge on any atom is 0.175 e. The van der Waals surface area contributed by atoms with E-state index in [1.807, 2.05) is 48.5 Å². The number of carbonyl (C=O) groups excluding carboxylic acids is 1. The second-order valence-electron chi connectivity index (χ2n) is 4.42. The highest BCUT2D eigenvalue weighted by Gasteiger charge is 2.12. The molecule has 1 heterocycles. The van der Waals surface area contributed by atoms with E-state index in [0.717, 1.165) is 21.4 Å². The van der Waals surface area contributed by atoms with Gasteiger partial charge in [-0.1, -0.05) is 35.9 Å². The molecule has 3 rings (SSSR count). The number of rotatable bonds is 4. The van der Waals surface area contributed by atoms with Gasteiger partial charge >= 0.3 is 0 Å². The second kappa shape index (κ2) is 5.73. The Morgan fingerprint density at radius 3 is 2.85 bits per heavy atom. The van der Waals surface area contributed by atoms with E-state index in [1.54, 1.807) is 6.20 Å². The van der Waals surface area contributed by atoms with E-state index >= 15 is 0 Å². The lowest BCUT2D eigenvalue weighted by atomic mass is 10.1. The van der Waals surface area contributed by atoms with E-state index in [0.29, 0.717) is 10.8 Å². The lowest BCUT2D eigenvalue weighted by molar-refractivity contribution is 0.102. The summed E-state index contributed by atoms with van der Waals surface area (Å²) in [6.07, 6.45) is 1.78. The van der Waals surface area contributed by atoms with E-state index in [-0.39, 0.29) is 5.78 Å². The largest absolute Gasteiger partial charge is 0.360 e. The topological polar surface area (TPSA) is 32.9 Å². The van der Waals surface area contributed by atoms with Crippen molar-refractivity contribution in [2.24, 2.45) is 0 Å². The summed E-state index contributed by atoms with van der Waals surface area (Å²) in [7, 11) is 0. The molecule has 0 spiro atoms. The molecule has 100 valence electrons. The van der Waals surface area contributed by atoms with Gasteiger partial charge in [-0.05, 0) is 24.3 Å². The van der Waals surface area contributed by atoms with Crippen molar-refractivity contribution in [3.63, 3.8) is 0 Å². The first-order chi connectivity index (χ1) is 9.74. The SMILES string of the molecule is O=C(CSc1cccc(Cl)c1)c1c[nH]c2ccccc12. The molecule has 20 heavy (non-hydrogen) atoms. The average Bonchev–Trinajstić information content (AvgIpc) is 2.89. The fraction of sp³-hybridized carbons (Fsp3) is 0.0625. The number of H-pyrrole nitrogens is 1. The predicted molar refractivity (Wildman–Crippen MR) is 84.8 cm³/mol. The molecule has 0 aliphatic carbocycles. The molecule has 2 nitrogen and oxygen atoms in total. The number of hydrogen-bond acceptors (Lipinski definition) is 2. The van der Waals surface area contributed by atoms with Crippen molar-refractivity contribution in [3.8, 4) is 0 Å². The number of thioether (sulfide) groups is 1. The quantitative estimate of drug-likeness (QED) is 0.555. The first-order valence-corrected chi connectivity index (χ1v) is 7.58. The minimum Gasteiger partial charge on any atom is -0.360 e. The predicted octanol–water partition coefficient (Wildman–Crippen LogP) is 4.80. The van der Waals surface area contributed by atoms with Gasteiger partial charge in [0.15, 0.2) is 5.78 Å². The normalized spacial score (nSPS) is 10.8. The van der Waals surface area contributed by atoms with E-state index < -0.39 is 0 Å². The third-order valence-corrected chi connectivity index (χ3v) is 4.28. The minimum atomic E-state index is 0.118. The summed E-state index contributed by atoms with van der Waals surface area (Å²) in [6, 6.07) is 15.4. The zero-order valence-electron chi connectivity index (χ0n) is 10.6. The van der Waals surface area contributed by atoms with Gasteiger partial charge in [0.2, 0.25) is 0 Å². The zero-order valence-corrected chi connectivity index (χ0v) is 12.2. The van der Waals surface area contributed by atoms with Crippen LogP contribution in [0.4, 0.5) is 0 Å². The number of hydrogen-bond donors (Lipinski definition) is 1. The minimum absolute atomic E-state index is 0.118. The summed E-state index contributed by atoms with van der Waals surface area (Å²) >= 11 is 7.44. The van der Waals surface area contributed by atoms with Gasteiger partial charge < -0.3 is 4.98 Å². The Labute approximate surface area is 126 Å². The summed E-state index contributed by atoms with van der Waals surface area (Å²) in [5.41, 5.74) is 1.73. The number of ketones is 1. The molecule has 0 amide bonds. The molecular weight excluding hydrogens is 290 g/mol. The first-order valence-electron chi connectivity index (χ1n) is 6.22. The number of halogens is 1. The second-order valence-corrected chi connectivity index (χ2v) is 5.90. The summed E-state index contributed by atoms with van der Waals surface area (Å²) in [5.74, 6) is 0.523. The summed E-state index contributed by atoms with van der Waals surface area (Å²) in [4.78, 5) is 16.4. The molecule has 2 aromatic carbocycles. The smallest absolute Gasteiger partial charge is 0.175 e. The summed E-state index contributed by atoms with van der Waals surface area (Å²) in [6.45, 7) is 0. The van der Waals surface area contributed by atoms with Gasteiger partial charge in [0.05, 0.1) is 5.75 Å². The Bertz CT molecular complexity index is 766. The van der Waals surface area contributed by atoms with Gasteiger partial charge in [-0.3, -0.25) is 4.79 Å². The molecule has 1 N–H and O–H groups in total. The maximum absolute atomic E-state index is 12.3. The molecule has 0 unspecified atom stereocenters. The van der Waals surface area contributed by atoms with Crippen LogP contribution in [0.25, 0.3) is 10.9 Å². The molecule has 1 aromatic heterocycles. The van der Waals surface area contributed by atoms with Crippen LogP contribution in [0.5, 0.6) is 0 Å². The fourth-order valence-electron chi connectivity index (χ4n) is 2.09. The van der Waals surface area contributed by atoms with Crippen molar-refractivity contribution < 1.29 is 4.79 Å². The van der Waals surface area contributed by atoms with Crippen molar-refractivity contribution in [1.29, 1.82) is 0 Å². The maximum atomic E-state index is 12.3. The Morgan fingerprint density at radius 1 is 1.15 bits per heavy atom. The monoisotopic (exact) mass is 301 g/mol. The molecule has 0 fully saturated rings. The van der Waals surface area contributed by atoms with E-state index in [4.69, 9.17) is 11.6 Å². The van der Waals surface area contributed by atoms with Crippen molar-refractivity contribution in [1.82, 2.24) is 4.98 Å². The number of nitrogens with one attached hydrogen (secondary N) is 1. The van der Waals surface area contributed by atoms with Crippen molar-refractivity contribution in [3.05, 3.63) is 65.3 Å². The number of aromatic amines is 1. The van der Waals surface area contributed by atoms with E-state index in [2.05, 4.69) is 4.98 Å². The highest BCUT2D eigenvalue weighted by molar-refractivity contribution is 8.00. The highest BCUT2D eigenvalue weighted by atomic mass is 35.5. The zero-order chi connectivity index (χ0) is 13.9. The number of aromatic nitrogens is 1. The van der Waals surface area contributed by atoms with Crippen LogP contribution in [-0.4, -0.2) is 16.5 Å². The Morgan fingerprint density at radius 2 is 2.00 bits per heavy atom. The lowest BCUT2D eigenvalue weighted by Crippen LogP contribution is -2.01. The van der Waals surface area contributed by atoms with Crippen LogP contribution in [0.2, 0.25) is 5.02 Å². The van der Waals surface area contributed by atoms with Gasteiger partial charge in [-0.25, -0.2) is 0 Å². The number of Topliss-reactive ketones (excluding diaryl/α,β-unsaturated/α-hetero) is 1.